The Bertz CT molecular complexity index is 830. The third kappa shape index (κ3) is 3.04. The molecule has 118 valence electrons. The predicted octanol–water partition coefficient (Wildman–Crippen LogP) is 4.22. The highest BCUT2D eigenvalue weighted by Crippen LogP contribution is 2.23. The third-order valence-electron chi connectivity index (χ3n) is 3.70. The third-order valence-corrected chi connectivity index (χ3v) is 3.70. The second kappa shape index (κ2) is 6.12. The summed E-state index contributed by atoms with van der Waals surface area (Å²) in [6.07, 6.45) is 1.62. The number of oxazole rings is 1. The summed E-state index contributed by atoms with van der Waals surface area (Å²) < 4.78 is 16.3. The molecular formula is C18H17NO4. The van der Waals surface area contributed by atoms with Gasteiger partial charge in [-0.1, -0.05) is 30.3 Å². The minimum atomic E-state index is -0.434. The fraction of sp³-hybridized carbons (Fsp3) is 0.222. The van der Waals surface area contributed by atoms with Gasteiger partial charge in [-0.25, -0.2) is 9.78 Å². The van der Waals surface area contributed by atoms with E-state index in [0.29, 0.717) is 23.0 Å². The Morgan fingerprint density at radius 2 is 1.83 bits per heavy atom. The van der Waals surface area contributed by atoms with E-state index in [1.807, 2.05) is 44.2 Å². The molecule has 0 aliphatic rings. The molecule has 5 heteroatoms. The lowest BCUT2D eigenvalue weighted by atomic mass is 10.1. The Hall–Kier alpha value is -2.82. The zero-order valence-electron chi connectivity index (χ0n) is 13.3. The van der Waals surface area contributed by atoms with Gasteiger partial charge in [0.2, 0.25) is 5.89 Å². The van der Waals surface area contributed by atoms with Crippen LogP contribution in [0.5, 0.6) is 0 Å². The highest BCUT2D eigenvalue weighted by Gasteiger charge is 2.20. The van der Waals surface area contributed by atoms with E-state index < -0.39 is 5.97 Å². The quantitative estimate of drug-likeness (QED) is 0.675. The van der Waals surface area contributed by atoms with Gasteiger partial charge in [0.25, 0.3) is 0 Å². The summed E-state index contributed by atoms with van der Waals surface area (Å²) >= 11 is 0. The first-order valence-corrected chi connectivity index (χ1v) is 7.30. The van der Waals surface area contributed by atoms with Crippen molar-refractivity contribution in [3.8, 4) is 11.3 Å². The number of nitrogens with zero attached hydrogens (tertiary/aromatic N) is 1. The molecule has 0 N–H and O–H groups in total. The van der Waals surface area contributed by atoms with Crippen LogP contribution in [0.4, 0.5) is 0 Å². The number of hydrogen-bond acceptors (Lipinski definition) is 5. The van der Waals surface area contributed by atoms with Crippen molar-refractivity contribution >= 4 is 5.97 Å². The van der Waals surface area contributed by atoms with Gasteiger partial charge in [-0.2, -0.15) is 0 Å². The molecule has 0 atom stereocenters. The molecule has 2 aromatic heterocycles. The highest BCUT2D eigenvalue weighted by atomic mass is 16.5. The molecule has 0 radical (unpaired) electrons. The van der Waals surface area contributed by atoms with Gasteiger partial charge in [0.1, 0.15) is 17.1 Å². The molecule has 2 heterocycles. The van der Waals surface area contributed by atoms with Crippen LogP contribution in [0.1, 0.15) is 33.3 Å². The molecule has 0 amide bonds. The molecule has 0 saturated carbocycles. The van der Waals surface area contributed by atoms with Crippen LogP contribution in [0.15, 0.2) is 45.4 Å². The van der Waals surface area contributed by atoms with Crippen LogP contribution in [0, 0.1) is 20.8 Å². The Morgan fingerprint density at radius 1 is 1.09 bits per heavy atom. The average Bonchev–Trinajstić information content (AvgIpc) is 3.11. The van der Waals surface area contributed by atoms with Crippen LogP contribution in [0.3, 0.4) is 0 Å². The predicted molar refractivity (Wildman–Crippen MR) is 84.0 cm³/mol. The Morgan fingerprint density at radius 3 is 2.48 bits per heavy atom. The molecule has 5 nitrogen and oxygen atoms in total. The molecule has 0 saturated heterocycles. The van der Waals surface area contributed by atoms with Crippen LogP contribution in [0.2, 0.25) is 0 Å². The van der Waals surface area contributed by atoms with Gasteiger partial charge in [0.15, 0.2) is 12.4 Å². The van der Waals surface area contributed by atoms with E-state index in [0.717, 1.165) is 16.9 Å². The molecule has 0 spiro atoms. The van der Waals surface area contributed by atoms with Crippen LogP contribution < -0.4 is 0 Å². The number of furan rings is 1. The number of carbonyl (C=O) groups is 1. The Balaban J connectivity index is 1.69. The van der Waals surface area contributed by atoms with Gasteiger partial charge in [-0.15, -0.1) is 0 Å². The minimum absolute atomic E-state index is 0.0191. The van der Waals surface area contributed by atoms with Crippen LogP contribution in [-0.4, -0.2) is 11.0 Å². The normalized spacial score (nSPS) is 10.7. The van der Waals surface area contributed by atoms with E-state index in [2.05, 4.69) is 4.98 Å². The van der Waals surface area contributed by atoms with Crippen LogP contribution in [0.25, 0.3) is 11.3 Å². The van der Waals surface area contributed by atoms with Crippen molar-refractivity contribution in [3.63, 3.8) is 0 Å². The minimum Gasteiger partial charge on any atom is -0.465 e. The molecule has 0 aliphatic heterocycles. The summed E-state index contributed by atoms with van der Waals surface area (Å²) in [5.74, 6) is 1.84. The zero-order valence-corrected chi connectivity index (χ0v) is 13.3. The Labute approximate surface area is 133 Å². The van der Waals surface area contributed by atoms with Gasteiger partial charge in [0.05, 0.1) is 6.20 Å². The van der Waals surface area contributed by atoms with Crippen molar-refractivity contribution in [1.82, 2.24) is 4.98 Å². The van der Waals surface area contributed by atoms with E-state index in [9.17, 15) is 4.79 Å². The molecule has 0 unspecified atom stereocenters. The van der Waals surface area contributed by atoms with Gasteiger partial charge in [-0.05, 0) is 20.8 Å². The topological polar surface area (TPSA) is 65.5 Å². The lowest BCUT2D eigenvalue weighted by Gasteiger charge is -2.02. The monoisotopic (exact) mass is 311 g/mol. The van der Waals surface area contributed by atoms with E-state index in [-0.39, 0.29) is 6.61 Å². The van der Waals surface area contributed by atoms with E-state index >= 15 is 0 Å². The molecule has 3 rings (SSSR count). The van der Waals surface area contributed by atoms with Crippen LogP contribution in [-0.2, 0) is 11.3 Å². The van der Waals surface area contributed by atoms with Crippen molar-refractivity contribution < 1.29 is 18.4 Å². The highest BCUT2D eigenvalue weighted by molar-refractivity contribution is 5.92. The number of esters is 1. The fourth-order valence-electron chi connectivity index (χ4n) is 2.41. The number of benzene rings is 1. The second-order valence-electron chi connectivity index (χ2n) is 5.27. The molecule has 0 aliphatic carbocycles. The lowest BCUT2D eigenvalue weighted by Crippen LogP contribution is -2.07. The van der Waals surface area contributed by atoms with Crippen molar-refractivity contribution in [3.05, 3.63) is 65.1 Å². The largest absolute Gasteiger partial charge is 0.465 e. The first kappa shape index (κ1) is 15.1. The van der Waals surface area contributed by atoms with Gasteiger partial charge >= 0.3 is 5.97 Å². The summed E-state index contributed by atoms with van der Waals surface area (Å²) in [4.78, 5) is 16.3. The van der Waals surface area contributed by atoms with Gasteiger partial charge in [0, 0.05) is 11.1 Å². The molecule has 0 fully saturated rings. The maximum Gasteiger partial charge on any atom is 0.342 e. The molecule has 0 bridgehead atoms. The summed E-state index contributed by atoms with van der Waals surface area (Å²) in [5.41, 5.74) is 2.19. The summed E-state index contributed by atoms with van der Waals surface area (Å²) in [6.45, 7) is 5.38. The van der Waals surface area contributed by atoms with Crippen LogP contribution >= 0.6 is 0 Å². The lowest BCUT2D eigenvalue weighted by molar-refractivity contribution is 0.0436. The van der Waals surface area contributed by atoms with Gasteiger partial charge in [-0.3, -0.25) is 0 Å². The summed E-state index contributed by atoms with van der Waals surface area (Å²) in [7, 11) is 0. The zero-order chi connectivity index (χ0) is 16.4. The standard InChI is InChI=1S/C18H17NO4/c1-11-12(2)22-13(3)17(11)18(20)21-10-16-19-9-15(23-16)14-7-5-4-6-8-14/h4-9H,10H2,1-3H3. The summed E-state index contributed by atoms with van der Waals surface area (Å²) in [5, 5.41) is 0. The maximum atomic E-state index is 12.2. The number of ether oxygens (including phenoxy) is 1. The number of hydrogen-bond donors (Lipinski definition) is 0. The second-order valence-corrected chi connectivity index (χ2v) is 5.27. The van der Waals surface area contributed by atoms with Crippen molar-refractivity contribution in [2.24, 2.45) is 0 Å². The van der Waals surface area contributed by atoms with E-state index in [1.54, 1.807) is 13.1 Å². The maximum absolute atomic E-state index is 12.2. The fourth-order valence-corrected chi connectivity index (χ4v) is 2.41. The number of carbonyl (C=O) groups excluding carboxylic acids is 1. The number of aromatic nitrogens is 1. The first-order valence-electron chi connectivity index (χ1n) is 7.30. The molecule has 23 heavy (non-hydrogen) atoms. The number of aryl methyl sites for hydroxylation is 2. The summed E-state index contributed by atoms with van der Waals surface area (Å²) in [6, 6.07) is 9.63. The average molecular weight is 311 g/mol. The molecule has 3 aromatic rings. The molecular weight excluding hydrogens is 294 g/mol. The smallest absolute Gasteiger partial charge is 0.342 e. The Kier molecular flexibility index (Phi) is 4.02. The van der Waals surface area contributed by atoms with Crippen molar-refractivity contribution in [2.45, 2.75) is 27.4 Å². The van der Waals surface area contributed by atoms with Crippen molar-refractivity contribution in [2.75, 3.05) is 0 Å². The van der Waals surface area contributed by atoms with Crippen molar-refractivity contribution in [1.29, 1.82) is 0 Å². The number of rotatable bonds is 4. The van der Waals surface area contributed by atoms with E-state index in [1.165, 1.54) is 0 Å². The van der Waals surface area contributed by atoms with Gasteiger partial charge < -0.3 is 13.6 Å². The first-order chi connectivity index (χ1) is 11.1. The SMILES string of the molecule is Cc1oc(C)c(C(=O)OCc2ncc(-c3ccccc3)o2)c1C. The molecule has 1 aromatic carbocycles. The van der Waals surface area contributed by atoms with E-state index in [4.69, 9.17) is 13.6 Å².